The van der Waals surface area contributed by atoms with Crippen LogP contribution >= 0.6 is 11.6 Å². The normalized spacial score (nSPS) is 11.2. The predicted octanol–water partition coefficient (Wildman–Crippen LogP) is 1.24. The summed E-state index contributed by atoms with van der Waals surface area (Å²) in [5.41, 5.74) is -0.0888. The average Bonchev–Trinajstić information content (AvgIpc) is 2.19. The van der Waals surface area contributed by atoms with E-state index in [2.05, 4.69) is 4.74 Å². The number of hydrogen-bond acceptors (Lipinski definition) is 5. The Morgan fingerprint density at radius 1 is 1.44 bits per heavy atom. The van der Waals surface area contributed by atoms with E-state index in [-0.39, 0.29) is 15.5 Å². The first kappa shape index (κ1) is 12.8. The van der Waals surface area contributed by atoms with Gasteiger partial charge in [0.05, 0.1) is 17.7 Å². The molecule has 7 heteroatoms. The molecule has 0 aliphatic carbocycles. The highest BCUT2D eigenvalue weighted by Crippen LogP contribution is 2.34. The van der Waals surface area contributed by atoms with E-state index in [1.54, 1.807) is 0 Å². The van der Waals surface area contributed by atoms with Crippen LogP contribution in [0.25, 0.3) is 0 Å². The van der Waals surface area contributed by atoms with Gasteiger partial charge in [0.25, 0.3) is 0 Å². The molecule has 16 heavy (non-hydrogen) atoms. The molecule has 0 atom stereocenters. The molecule has 0 saturated carbocycles. The maximum absolute atomic E-state index is 11.2. The highest BCUT2D eigenvalue weighted by molar-refractivity contribution is 7.90. The molecule has 0 fully saturated rings. The number of sulfone groups is 1. The predicted molar refractivity (Wildman–Crippen MR) is 57.6 cm³/mol. The number of aromatic hydroxyl groups is 1. The van der Waals surface area contributed by atoms with Gasteiger partial charge in [0, 0.05) is 6.26 Å². The van der Waals surface area contributed by atoms with E-state index in [0.29, 0.717) is 0 Å². The van der Waals surface area contributed by atoms with E-state index < -0.39 is 21.6 Å². The van der Waals surface area contributed by atoms with Crippen molar-refractivity contribution in [3.05, 3.63) is 22.7 Å². The summed E-state index contributed by atoms with van der Waals surface area (Å²) < 4.78 is 26.9. The lowest BCUT2D eigenvalue weighted by Gasteiger charge is -2.07. The van der Waals surface area contributed by atoms with E-state index in [4.69, 9.17) is 11.6 Å². The van der Waals surface area contributed by atoms with Gasteiger partial charge < -0.3 is 9.84 Å². The van der Waals surface area contributed by atoms with Gasteiger partial charge in [-0.25, -0.2) is 13.2 Å². The lowest BCUT2D eigenvalue weighted by Crippen LogP contribution is -2.05. The Morgan fingerprint density at radius 2 is 2.00 bits per heavy atom. The van der Waals surface area contributed by atoms with Crippen LogP contribution < -0.4 is 0 Å². The summed E-state index contributed by atoms with van der Waals surface area (Å²) in [6.45, 7) is 0. The molecule has 0 heterocycles. The van der Waals surface area contributed by atoms with Crippen molar-refractivity contribution in [2.24, 2.45) is 0 Å². The zero-order valence-corrected chi connectivity index (χ0v) is 10.1. The lowest BCUT2D eigenvalue weighted by molar-refractivity contribution is 0.0600. The Hall–Kier alpha value is -1.27. The fraction of sp³-hybridized carbons (Fsp3) is 0.222. The second kappa shape index (κ2) is 4.31. The molecule has 0 aliphatic rings. The summed E-state index contributed by atoms with van der Waals surface area (Å²) in [6.07, 6.45) is 0.927. The Labute approximate surface area is 97.5 Å². The highest BCUT2D eigenvalue weighted by Gasteiger charge is 2.21. The Bertz CT molecular complexity index is 535. The summed E-state index contributed by atoms with van der Waals surface area (Å²) in [5.74, 6) is -1.40. The van der Waals surface area contributed by atoms with Crippen LogP contribution in [-0.2, 0) is 14.6 Å². The quantitative estimate of drug-likeness (QED) is 0.813. The van der Waals surface area contributed by atoms with Crippen LogP contribution in [0.5, 0.6) is 5.75 Å². The van der Waals surface area contributed by atoms with Crippen molar-refractivity contribution < 1.29 is 23.1 Å². The number of benzene rings is 1. The molecule has 0 saturated heterocycles. The summed E-state index contributed by atoms with van der Waals surface area (Å²) in [4.78, 5) is 10.9. The number of halogens is 1. The SMILES string of the molecule is COC(=O)c1ccc(S(C)(=O)=O)c(O)c1Cl. The van der Waals surface area contributed by atoms with Gasteiger partial charge in [-0.3, -0.25) is 0 Å². The number of rotatable bonds is 2. The highest BCUT2D eigenvalue weighted by atomic mass is 35.5. The van der Waals surface area contributed by atoms with Gasteiger partial charge in [-0.2, -0.15) is 0 Å². The molecule has 88 valence electrons. The molecular weight excluding hydrogens is 256 g/mol. The van der Waals surface area contributed by atoms with E-state index >= 15 is 0 Å². The minimum atomic E-state index is -3.59. The van der Waals surface area contributed by atoms with Crippen molar-refractivity contribution >= 4 is 27.4 Å². The molecule has 5 nitrogen and oxygen atoms in total. The van der Waals surface area contributed by atoms with Crippen LogP contribution in [0, 0.1) is 0 Å². The number of hydrogen-bond donors (Lipinski definition) is 1. The number of ether oxygens (including phenoxy) is 1. The first-order chi connectivity index (χ1) is 7.29. The summed E-state index contributed by atoms with van der Waals surface area (Å²) in [5, 5.41) is 9.20. The lowest BCUT2D eigenvalue weighted by atomic mass is 10.2. The maximum atomic E-state index is 11.2. The number of methoxy groups -OCH3 is 1. The number of esters is 1. The second-order valence-corrected chi connectivity index (χ2v) is 5.40. The Balaban J connectivity index is 3.47. The summed E-state index contributed by atoms with van der Waals surface area (Å²) in [7, 11) is -2.44. The molecule has 0 radical (unpaired) electrons. The van der Waals surface area contributed by atoms with Crippen molar-refractivity contribution in [2.75, 3.05) is 13.4 Å². The van der Waals surface area contributed by atoms with Crippen molar-refractivity contribution in [2.45, 2.75) is 4.90 Å². The van der Waals surface area contributed by atoms with Gasteiger partial charge in [0.2, 0.25) is 0 Å². The van der Waals surface area contributed by atoms with E-state index in [0.717, 1.165) is 19.4 Å². The van der Waals surface area contributed by atoms with Crippen LogP contribution in [0.15, 0.2) is 17.0 Å². The van der Waals surface area contributed by atoms with Crippen molar-refractivity contribution in [3.63, 3.8) is 0 Å². The first-order valence-electron chi connectivity index (χ1n) is 4.09. The molecule has 0 aromatic heterocycles. The zero-order valence-electron chi connectivity index (χ0n) is 8.52. The molecular formula is C9H9ClO5S. The molecule has 1 N–H and O–H groups in total. The average molecular weight is 265 g/mol. The molecule has 1 rings (SSSR count). The Morgan fingerprint density at radius 3 is 2.44 bits per heavy atom. The van der Waals surface area contributed by atoms with Crippen LogP contribution in [-0.4, -0.2) is 32.9 Å². The zero-order chi connectivity index (χ0) is 12.5. The largest absolute Gasteiger partial charge is 0.505 e. The van der Waals surface area contributed by atoms with Crippen molar-refractivity contribution in [1.82, 2.24) is 0 Å². The molecule has 0 amide bonds. The molecule has 0 bridgehead atoms. The molecule has 1 aromatic carbocycles. The third kappa shape index (κ3) is 2.28. The molecule has 1 aromatic rings. The van der Waals surface area contributed by atoms with E-state index in [9.17, 15) is 18.3 Å². The van der Waals surface area contributed by atoms with Gasteiger partial charge >= 0.3 is 5.97 Å². The monoisotopic (exact) mass is 264 g/mol. The van der Waals surface area contributed by atoms with Crippen LogP contribution in [0.4, 0.5) is 0 Å². The van der Waals surface area contributed by atoms with Crippen LogP contribution in [0.2, 0.25) is 5.02 Å². The number of carbonyl (C=O) groups is 1. The van der Waals surface area contributed by atoms with Gasteiger partial charge in [-0.05, 0) is 12.1 Å². The minimum Gasteiger partial charge on any atom is -0.505 e. The molecule has 0 spiro atoms. The van der Waals surface area contributed by atoms with Crippen LogP contribution in [0.3, 0.4) is 0 Å². The number of phenols is 1. The third-order valence-corrected chi connectivity index (χ3v) is 3.39. The fourth-order valence-corrected chi connectivity index (χ4v) is 2.18. The van der Waals surface area contributed by atoms with Gasteiger partial charge in [-0.1, -0.05) is 11.6 Å². The standard InChI is InChI=1S/C9H9ClO5S/c1-15-9(12)5-3-4-6(16(2,13)14)8(11)7(5)10/h3-4,11H,1-2H3. The Kier molecular flexibility index (Phi) is 3.44. The van der Waals surface area contributed by atoms with Gasteiger partial charge in [-0.15, -0.1) is 0 Å². The smallest absolute Gasteiger partial charge is 0.339 e. The van der Waals surface area contributed by atoms with Crippen molar-refractivity contribution in [1.29, 1.82) is 0 Å². The molecule has 0 unspecified atom stereocenters. The number of carbonyl (C=O) groups excluding carboxylic acids is 1. The van der Waals surface area contributed by atoms with E-state index in [1.807, 2.05) is 0 Å². The van der Waals surface area contributed by atoms with Crippen LogP contribution in [0.1, 0.15) is 10.4 Å². The summed E-state index contributed by atoms with van der Waals surface area (Å²) in [6, 6.07) is 2.28. The topological polar surface area (TPSA) is 80.7 Å². The molecule has 0 aliphatic heterocycles. The maximum Gasteiger partial charge on any atom is 0.339 e. The van der Waals surface area contributed by atoms with Gasteiger partial charge in [0.1, 0.15) is 4.90 Å². The van der Waals surface area contributed by atoms with Gasteiger partial charge in [0.15, 0.2) is 15.6 Å². The fourth-order valence-electron chi connectivity index (χ4n) is 1.11. The second-order valence-electron chi connectivity index (χ2n) is 3.04. The third-order valence-electron chi connectivity index (χ3n) is 1.88. The summed E-state index contributed by atoms with van der Waals surface area (Å²) >= 11 is 5.66. The van der Waals surface area contributed by atoms with Crippen molar-refractivity contribution in [3.8, 4) is 5.75 Å². The van der Waals surface area contributed by atoms with E-state index in [1.165, 1.54) is 6.07 Å². The number of phenolic OH excluding ortho intramolecular Hbond substituents is 1. The minimum absolute atomic E-state index is 0.0888. The first-order valence-corrected chi connectivity index (χ1v) is 6.35.